The van der Waals surface area contributed by atoms with Gasteiger partial charge in [-0.2, -0.15) is 0 Å². The third-order valence-corrected chi connectivity index (χ3v) is 11.8. The van der Waals surface area contributed by atoms with Crippen LogP contribution in [0.15, 0.2) is 156 Å². The lowest BCUT2D eigenvalue weighted by molar-refractivity contribution is -0.00518. The first-order valence-electron chi connectivity index (χ1n) is 18.0. The molecule has 1 heterocycles. The Balaban J connectivity index is 1.08. The van der Waals surface area contributed by atoms with Crippen molar-refractivity contribution >= 4 is 56.1 Å². The zero-order valence-electron chi connectivity index (χ0n) is 27.7. The number of para-hydroxylation sites is 4. The number of benzene rings is 6. The third kappa shape index (κ3) is 4.86. The first-order valence-corrected chi connectivity index (χ1v) is 18.0. The minimum Gasteiger partial charge on any atom is -0.454 e. The Bertz CT molecular complexity index is 2240. The Morgan fingerprint density at radius 3 is 1.63 bits per heavy atom. The summed E-state index contributed by atoms with van der Waals surface area (Å²) >= 11 is 0. The molecule has 1 aromatic heterocycles. The summed E-state index contributed by atoms with van der Waals surface area (Å²) in [6, 6.07) is 54.8. The Labute approximate surface area is 288 Å². The fourth-order valence-electron chi connectivity index (χ4n) is 10.1. The highest BCUT2D eigenvalue weighted by molar-refractivity contribution is 6.10. The molecule has 4 aliphatic carbocycles. The highest BCUT2D eigenvalue weighted by Crippen LogP contribution is 2.61. The smallest absolute Gasteiger partial charge is 0.159 e. The average molecular weight is 637 g/mol. The second-order valence-corrected chi connectivity index (χ2v) is 14.9. The Hall–Kier alpha value is -5.28. The SMILES string of the molecule is c1ccc(N(c2ccc(C34CC5CC(CC(C5)C3)C4)cc2)c2cccc(N(c3ccccc3)c3cccc4c3oc3ccccc34)c2)cc1. The van der Waals surface area contributed by atoms with Crippen LogP contribution < -0.4 is 9.80 Å². The van der Waals surface area contributed by atoms with Crippen LogP contribution in [-0.2, 0) is 5.41 Å². The minimum absolute atomic E-state index is 0.388. The maximum absolute atomic E-state index is 6.57. The van der Waals surface area contributed by atoms with Crippen LogP contribution in [0.1, 0.15) is 44.1 Å². The number of nitrogens with zero attached hydrogens (tertiary/aromatic N) is 2. The Morgan fingerprint density at radius 2 is 0.959 bits per heavy atom. The summed E-state index contributed by atoms with van der Waals surface area (Å²) in [5, 5.41) is 2.25. The zero-order chi connectivity index (χ0) is 32.4. The molecule has 7 aromatic rings. The summed E-state index contributed by atoms with van der Waals surface area (Å²) in [5.41, 5.74) is 10.4. The lowest BCUT2D eigenvalue weighted by Crippen LogP contribution is -2.48. The summed E-state index contributed by atoms with van der Waals surface area (Å²) in [6.07, 6.45) is 8.57. The molecule has 0 atom stereocenters. The van der Waals surface area contributed by atoms with Crippen molar-refractivity contribution in [3.63, 3.8) is 0 Å². The van der Waals surface area contributed by atoms with Gasteiger partial charge in [0, 0.05) is 39.2 Å². The van der Waals surface area contributed by atoms with Crippen LogP contribution in [0.5, 0.6) is 0 Å². The van der Waals surface area contributed by atoms with Crippen molar-refractivity contribution in [1.29, 1.82) is 0 Å². The molecular formula is C46H40N2O. The number of hydrogen-bond donors (Lipinski definition) is 0. The number of fused-ring (bicyclic) bond motifs is 3. The molecule has 0 unspecified atom stereocenters. The van der Waals surface area contributed by atoms with Gasteiger partial charge in [-0.25, -0.2) is 0 Å². The molecule has 3 heteroatoms. The highest BCUT2D eigenvalue weighted by atomic mass is 16.3. The fourth-order valence-corrected chi connectivity index (χ4v) is 10.1. The summed E-state index contributed by atoms with van der Waals surface area (Å²) in [4.78, 5) is 4.73. The Morgan fingerprint density at radius 1 is 0.449 bits per heavy atom. The predicted octanol–water partition coefficient (Wildman–Crippen LogP) is 13.0. The van der Waals surface area contributed by atoms with Gasteiger partial charge >= 0.3 is 0 Å². The van der Waals surface area contributed by atoms with Crippen LogP contribution >= 0.6 is 0 Å². The van der Waals surface area contributed by atoms with Crippen molar-refractivity contribution < 1.29 is 4.42 Å². The molecule has 0 aliphatic heterocycles. The van der Waals surface area contributed by atoms with E-state index in [2.05, 4.69) is 155 Å². The van der Waals surface area contributed by atoms with Gasteiger partial charge in [0.25, 0.3) is 0 Å². The van der Waals surface area contributed by atoms with E-state index in [0.29, 0.717) is 5.41 Å². The van der Waals surface area contributed by atoms with E-state index in [0.717, 1.165) is 68.1 Å². The van der Waals surface area contributed by atoms with Gasteiger partial charge in [-0.1, -0.05) is 84.9 Å². The van der Waals surface area contributed by atoms with Crippen LogP contribution in [0, 0.1) is 17.8 Å². The van der Waals surface area contributed by atoms with Gasteiger partial charge in [-0.3, -0.25) is 0 Å². The van der Waals surface area contributed by atoms with E-state index in [1.165, 1.54) is 44.2 Å². The number of anilines is 6. The van der Waals surface area contributed by atoms with Gasteiger partial charge in [0.05, 0.1) is 5.69 Å². The molecule has 0 saturated heterocycles. The maximum atomic E-state index is 6.57. The summed E-state index contributed by atoms with van der Waals surface area (Å²) in [7, 11) is 0. The number of rotatable bonds is 7. The summed E-state index contributed by atoms with van der Waals surface area (Å²) in [6.45, 7) is 0. The van der Waals surface area contributed by atoms with E-state index < -0.39 is 0 Å². The maximum Gasteiger partial charge on any atom is 0.159 e. The molecule has 0 N–H and O–H groups in total. The molecule has 4 fully saturated rings. The molecule has 6 aromatic carbocycles. The number of hydrogen-bond acceptors (Lipinski definition) is 3. The molecule has 240 valence electrons. The van der Waals surface area contributed by atoms with Crippen molar-refractivity contribution in [1.82, 2.24) is 0 Å². The first kappa shape index (κ1) is 28.7. The van der Waals surface area contributed by atoms with E-state index in [9.17, 15) is 0 Å². The standard InChI is InChI=1S/C46H40N2O/c1-3-11-36(12-4-1)47(38-23-21-35(22-24-38)46-29-32-25-33(30-46)27-34(26-32)31-46)39-15-9-16-40(28-39)48(37-13-5-2-6-14-37)43-19-10-18-42-41-17-7-8-20-44(41)49-45(42)43/h1-24,28,32-34H,25-27,29-31H2. The van der Waals surface area contributed by atoms with Crippen LogP contribution in [0.3, 0.4) is 0 Å². The lowest BCUT2D eigenvalue weighted by atomic mass is 9.48. The van der Waals surface area contributed by atoms with Crippen LogP contribution in [0.2, 0.25) is 0 Å². The fraction of sp³-hybridized carbons (Fsp3) is 0.217. The molecule has 4 saturated carbocycles. The first-order chi connectivity index (χ1) is 24.2. The van der Waals surface area contributed by atoms with Crippen LogP contribution in [0.25, 0.3) is 21.9 Å². The van der Waals surface area contributed by atoms with Gasteiger partial charge in [-0.05, 0) is 134 Å². The van der Waals surface area contributed by atoms with E-state index in [4.69, 9.17) is 4.42 Å². The van der Waals surface area contributed by atoms with E-state index in [1.54, 1.807) is 5.56 Å². The van der Waals surface area contributed by atoms with Crippen LogP contribution in [-0.4, -0.2) is 0 Å². The summed E-state index contributed by atoms with van der Waals surface area (Å²) < 4.78 is 6.57. The highest BCUT2D eigenvalue weighted by Gasteiger charge is 2.51. The molecule has 0 amide bonds. The molecule has 3 nitrogen and oxygen atoms in total. The molecule has 0 spiro atoms. The molecule has 49 heavy (non-hydrogen) atoms. The Kier molecular flexibility index (Phi) is 6.69. The predicted molar refractivity (Wildman–Crippen MR) is 203 cm³/mol. The molecule has 4 bridgehead atoms. The van der Waals surface area contributed by atoms with Gasteiger partial charge in [-0.15, -0.1) is 0 Å². The molecular weight excluding hydrogens is 597 g/mol. The van der Waals surface area contributed by atoms with Crippen LogP contribution in [0.4, 0.5) is 34.1 Å². The monoisotopic (exact) mass is 636 g/mol. The molecule has 4 aliphatic rings. The quantitative estimate of drug-likeness (QED) is 0.174. The van der Waals surface area contributed by atoms with Gasteiger partial charge in [0.1, 0.15) is 5.58 Å². The third-order valence-electron chi connectivity index (χ3n) is 11.8. The molecule has 11 rings (SSSR count). The van der Waals surface area contributed by atoms with Crippen molar-refractivity contribution in [3.05, 3.63) is 157 Å². The summed E-state index contributed by atoms with van der Waals surface area (Å²) in [5.74, 6) is 2.81. The van der Waals surface area contributed by atoms with E-state index in [-0.39, 0.29) is 0 Å². The lowest BCUT2D eigenvalue weighted by Gasteiger charge is -2.57. The molecule has 0 radical (unpaired) electrons. The second kappa shape index (κ2) is 11.4. The normalized spacial score (nSPS) is 22.5. The zero-order valence-corrected chi connectivity index (χ0v) is 27.7. The minimum atomic E-state index is 0.388. The number of furan rings is 1. The second-order valence-electron chi connectivity index (χ2n) is 14.9. The van der Waals surface area contributed by atoms with Crippen molar-refractivity contribution in [2.45, 2.75) is 43.9 Å². The topological polar surface area (TPSA) is 19.6 Å². The van der Waals surface area contributed by atoms with Crippen molar-refractivity contribution in [2.75, 3.05) is 9.80 Å². The van der Waals surface area contributed by atoms with Gasteiger partial charge in [0.15, 0.2) is 5.58 Å². The van der Waals surface area contributed by atoms with Gasteiger partial charge < -0.3 is 14.2 Å². The average Bonchev–Trinajstić information content (AvgIpc) is 3.52. The van der Waals surface area contributed by atoms with Crippen molar-refractivity contribution in [3.8, 4) is 0 Å². The van der Waals surface area contributed by atoms with Gasteiger partial charge in [0.2, 0.25) is 0 Å². The van der Waals surface area contributed by atoms with E-state index >= 15 is 0 Å². The van der Waals surface area contributed by atoms with Crippen molar-refractivity contribution in [2.24, 2.45) is 17.8 Å². The van der Waals surface area contributed by atoms with E-state index in [1.807, 2.05) is 6.07 Å². The largest absolute Gasteiger partial charge is 0.454 e.